The van der Waals surface area contributed by atoms with Crippen molar-refractivity contribution in [2.24, 2.45) is 0 Å². The Morgan fingerprint density at radius 1 is 1.00 bits per heavy atom. The van der Waals surface area contributed by atoms with Crippen LogP contribution >= 0.6 is 46.1 Å². The lowest BCUT2D eigenvalue weighted by Gasteiger charge is -1.98. The summed E-state index contributed by atoms with van der Waals surface area (Å²) >= 11 is 19.4. The number of rotatable bonds is 3. The molecule has 3 heterocycles. The van der Waals surface area contributed by atoms with Crippen LogP contribution < -0.4 is 10.1 Å². The molecule has 0 N–H and O–H groups in total. The van der Waals surface area contributed by atoms with Gasteiger partial charge in [-0.05, 0) is 42.5 Å². The highest BCUT2D eigenvalue weighted by atomic mass is 35.5. The third-order valence-electron chi connectivity index (χ3n) is 4.36. The molecule has 0 aliphatic heterocycles. The van der Waals surface area contributed by atoms with Crippen LogP contribution in [0.5, 0.6) is 0 Å². The van der Waals surface area contributed by atoms with Crippen LogP contribution in [-0.2, 0) is 0 Å². The summed E-state index contributed by atoms with van der Waals surface area (Å²) in [4.78, 5) is 17.7. The van der Waals surface area contributed by atoms with Crippen LogP contribution in [0, 0.1) is 0 Å². The highest BCUT2D eigenvalue weighted by Gasteiger charge is 2.15. The number of furan rings is 1. The number of thiazole rings is 1. The highest BCUT2D eigenvalue weighted by Crippen LogP contribution is 2.28. The Balaban J connectivity index is 1.53. The lowest BCUT2D eigenvalue weighted by atomic mass is 10.2. The Hall–Kier alpha value is -2.64. The molecule has 0 aliphatic carbocycles. The SMILES string of the molecule is O=c1c(=Cc2ccc(-c3cccc(Cl)c3)o2)sc2nc(-c3ccc(Cl)cc3Cl)nn12. The number of nitrogens with zero attached hydrogens (tertiary/aromatic N) is 3. The monoisotopic (exact) mass is 473 g/mol. The fourth-order valence-electron chi connectivity index (χ4n) is 2.98. The molecule has 5 rings (SSSR count). The van der Waals surface area contributed by atoms with Gasteiger partial charge in [0.2, 0.25) is 4.96 Å². The van der Waals surface area contributed by atoms with Crippen LogP contribution in [0.4, 0.5) is 0 Å². The van der Waals surface area contributed by atoms with Crippen LogP contribution in [0.15, 0.2) is 63.8 Å². The standard InChI is InChI=1S/C21H10Cl3N3O2S/c22-12-3-1-2-11(8-12)17-7-5-14(29-17)10-18-20(28)27-21(30-18)25-19(26-27)15-6-4-13(23)9-16(15)24/h1-10H. The van der Waals surface area contributed by atoms with Crippen molar-refractivity contribution in [3.05, 3.63) is 90.3 Å². The predicted molar refractivity (Wildman–Crippen MR) is 121 cm³/mol. The highest BCUT2D eigenvalue weighted by molar-refractivity contribution is 7.15. The van der Waals surface area contributed by atoms with E-state index in [9.17, 15) is 4.79 Å². The van der Waals surface area contributed by atoms with Gasteiger partial charge in [0.25, 0.3) is 5.56 Å². The number of hydrogen-bond donors (Lipinski definition) is 0. The quantitative estimate of drug-likeness (QED) is 0.342. The molecular weight excluding hydrogens is 465 g/mol. The van der Waals surface area contributed by atoms with Gasteiger partial charge in [-0.2, -0.15) is 9.50 Å². The van der Waals surface area contributed by atoms with E-state index in [1.165, 1.54) is 15.9 Å². The van der Waals surface area contributed by atoms with Gasteiger partial charge in [-0.1, -0.05) is 58.3 Å². The molecule has 3 aromatic heterocycles. The Kier molecular flexibility index (Phi) is 4.87. The number of hydrogen-bond acceptors (Lipinski definition) is 5. The molecule has 0 saturated carbocycles. The van der Waals surface area contributed by atoms with Crippen LogP contribution in [0.3, 0.4) is 0 Å². The van der Waals surface area contributed by atoms with Crippen LogP contribution in [0.1, 0.15) is 5.76 Å². The first-order valence-electron chi connectivity index (χ1n) is 8.70. The molecule has 2 aromatic carbocycles. The number of benzene rings is 2. The smallest absolute Gasteiger partial charge is 0.291 e. The second-order valence-electron chi connectivity index (χ2n) is 6.38. The van der Waals surface area contributed by atoms with Crippen molar-refractivity contribution in [1.82, 2.24) is 14.6 Å². The van der Waals surface area contributed by atoms with Gasteiger partial charge in [-0.25, -0.2) is 0 Å². The van der Waals surface area contributed by atoms with Crippen molar-refractivity contribution >= 4 is 57.2 Å². The second kappa shape index (κ2) is 7.56. The molecule has 0 saturated heterocycles. The predicted octanol–water partition coefficient (Wildman–Crippen LogP) is 5.59. The zero-order valence-electron chi connectivity index (χ0n) is 15.0. The summed E-state index contributed by atoms with van der Waals surface area (Å²) in [5.74, 6) is 1.58. The minimum absolute atomic E-state index is 0.278. The normalized spacial score (nSPS) is 12.2. The molecule has 0 bridgehead atoms. The molecule has 0 fully saturated rings. The summed E-state index contributed by atoms with van der Waals surface area (Å²) in [5.41, 5.74) is 1.19. The summed E-state index contributed by atoms with van der Waals surface area (Å²) in [7, 11) is 0. The van der Waals surface area contributed by atoms with E-state index in [0.29, 0.717) is 47.5 Å². The summed E-state index contributed by atoms with van der Waals surface area (Å²) in [6, 6.07) is 16.0. The molecule has 30 heavy (non-hydrogen) atoms. The minimum Gasteiger partial charge on any atom is -0.457 e. The van der Waals surface area contributed by atoms with Gasteiger partial charge in [-0.3, -0.25) is 4.79 Å². The number of aromatic nitrogens is 3. The van der Waals surface area contributed by atoms with Gasteiger partial charge in [0.15, 0.2) is 5.82 Å². The van der Waals surface area contributed by atoms with E-state index in [1.54, 1.807) is 36.4 Å². The van der Waals surface area contributed by atoms with Gasteiger partial charge in [-0.15, -0.1) is 5.10 Å². The lowest BCUT2D eigenvalue weighted by Crippen LogP contribution is -2.23. The maximum atomic E-state index is 12.8. The van der Waals surface area contributed by atoms with Crippen LogP contribution in [0.25, 0.3) is 33.7 Å². The largest absolute Gasteiger partial charge is 0.457 e. The van der Waals surface area contributed by atoms with E-state index < -0.39 is 0 Å². The van der Waals surface area contributed by atoms with Crippen molar-refractivity contribution in [1.29, 1.82) is 0 Å². The summed E-state index contributed by atoms with van der Waals surface area (Å²) < 4.78 is 7.57. The topological polar surface area (TPSA) is 60.4 Å². The van der Waals surface area contributed by atoms with Gasteiger partial charge in [0.05, 0.1) is 5.02 Å². The van der Waals surface area contributed by atoms with E-state index in [1.807, 2.05) is 24.3 Å². The molecule has 5 nitrogen and oxygen atoms in total. The minimum atomic E-state index is -0.278. The van der Waals surface area contributed by atoms with Gasteiger partial charge in [0.1, 0.15) is 16.1 Å². The molecule has 0 aliphatic rings. The zero-order chi connectivity index (χ0) is 20.8. The van der Waals surface area contributed by atoms with Crippen LogP contribution in [0.2, 0.25) is 15.1 Å². The molecule has 0 atom stereocenters. The molecular formula is C21H10Cl3N3O2S. The molecule has 0 unspecified atom stereocenters. The zero-order valence-corrected chi connectivity index (χ0v) is 18.1. The first-order chi connectivity index (χ1) is 14.5. The van der Waals surface area contributed by atoms with Crippen molar-refractivity contribution < 1.29 is 4.42 Å². The molecule has 9 heteroatoms. The fourth-order valence-corrected chi connectivity index (χ4v) is 4.55. The van der Waals surface area contributed by atoms with E-state index in [4.69, 9.17) is 39.2 Å². The molecule has 0 amide bonds. The molecule has 0 radical (unpaired) electrons. The van der Waals surface area contributed by atoms with E-state index >= 15 is 0 Å². The van der Waals surface area contributed by atoms with Crippen molar-refractivity contribution in [2.45, 2.75) is 0 Å². The van der Waals surface area contributed by atoms with Gasteiger partial charge < -0.3 is 4.42 Å². The van der Waals surface area contributed by atoms with E-state index in [-0.39, 0.29) is 5.56 Å². The third kappa shape index (κ3) is 3.52. The first-order valence-corrected chi connectivity index (χ1v) is 10.7. The second-order valence-corrected chi connectivity index (χ2v) is 8.67. The van der Waals surface area contributed by atoms with Crippen molar-refractivity contribution in [3.8, 4) is 22.7 Å². The maximum absolute atomic E-state index is 12.8. The number of fused-ring (bicyclic) bond motifs is 1. The van der Waals surface area contributed by atoms with Crippen molar-refractivity contribution in [2.75, 3.05) is 0 Å². The summed E-state index contributed by atoms with van der Waals surface area (Å²) in [6.07, 6.45) is 1.67. The Morgan fingerprint density at radius 2 is 1.83 bits per heavy atom. The van der Waals surface area contributed by atoms with Gasteiger partial charge in [0, 0.05) is 27.2 Å². The fraction of sp³-hybridized carbons (Fsp3) is 0. The molecule has 0 spiro atoms. The Labute approximate surface area is 188 Å². The first kappa shape index (κ1) is 19.3. The lowest BCUT2D eigenvalue weighted by molar-refractivity contribution is 0.571. The Morgan fingerprint density at radius 3 is 2.60 bits per heavy atom. The average molecular weight is 475 g/mol. The Bertz CT molecular complexity index is 1520. The summed E-state index contributed by atoms with van der Waals surface area (Å²) in [6.45, 7) is 0. The molecule has 148 valence electrons. The molecule has 5 aromatic rings. The van der Waals surface area contributed by atoms with E-state index in [0.717, 1.165) is 5.56 Å². The number of halogens is 3. The summed E-state index contributed by atoms with van der Waals surface area (Å²) in [5, 5.41) is 5.87. The van der Waals surface area contributed by atoms with Crippen LogP contribution in [-0.4, -0.2) is 14.6 Å². The van der Waals surface area contributed by atoms with E-state index in [2.05, 4.69) is 10.1 Å². The maximum Gasteiger partial charge on any atom is 0.291 e. The third-order valence-corrected chi connectivity index (χ3v) is 6.11. The average Bonchev–Trinajstić information content (AvgIpc) is 3.40. The van der Waals surface area contributed by atoms with Crippen molar-refractivity contribution in [3.63, 3.8) is 0 Å². The van der Waals surface area contributed by atoms with Gasteiger partial charge >= 0.3 is 0 Å².